The average Bonchev–Trinajstić information content (AvgIpc) is 3.58. The van der Waals surface area contributed by atoms with Gasteiger partial charge in [-0.15, -0.1) is 5.06 Å². The van der Waals surface area contributed by atoms with Crippen LogP contribution in [0.25, 0.3) is 0 Å². The monoisotopic (exact) mass is 630 g/mol. The Bertz CT molecular complexity index is 1960. The summed E-state index contributed by atoms with van der Waals surface area (Å²) in [7, 11) is 0. The smallest absolute Gasteiger partial charge is 0.363 e. The zero-order valence-corrected chi connectivity index (χ0v) is 27.7. The highest BCUT2D eigenvalue weighted by atomic mass is 16.7. The summed E-state index contributed by atoms with van der Waals surface area (Å²) < 4.78 is 9.37. The fourth-order valence-electron chi connectivity index (χ4n) is 9.48. The summed E-state index contributed by atoms with van der Waals surface area (Å²) in [6.45, 7) is 13.2. The molecule has 8 nitrogen and oxygen atoms in total. The zero-order chi connectivity index (χ0) is 32.6. The van der Waals surface area contributed by atoms with Crippen LogP contribution in [0, 0.1) is 12.8 Å². The minimum atomic E-state index is -0.701. The fraction of sp³-hybridized carbons (Fsp3) is 0.436. The van der Waals surface area contributed by atoms with Crippen LogP contribution in [0.1, 0.15) is 86.8 Å². The number of fused-ring (bicyclic) bond motifs is 9. The molecule has 0 spiro atoms. The maximum Gasteiger partial charge on any atom is 0.363 e. The Morgan fingerprint density at radius 1 is 0.936 bits per heavy atom. The van der Waals surface area contributed by atoms with Crippen molar-refractivity contribution in [3.8, 4) is 0 Å². The average molecular weight is 631 g/mol. The number of hydrogen-bond acceptors (Lipinski definition) is 6. The summed E-state index contributed by atoms with van der Waals surface area (Å²) in [5.74, 6) is -1.18. The van der Waals surface area contributed by atoms with Crippen molar-refractivity contribution < 1.29 is 28.5 Å². The van der Waals surface area contributed by atoms with Crippen LogP contribution in [-0.4, -0.2) is 58.4 Å². The van der Waals surface area contributed by atoms with Gasteiger partial charge >= 0.3 is 5.97 Å². The summed E-state index contributed by atoms with van der Waals surface area (Å²) >= 11 is 0. The SMILES string of the molecule is Cc1ccc2c(c1)C(C)(C)C1=C3C=C4C=C5C6=[N+](CC[C@H]5O[C@H]4C[C@H]3CCN12)c1ccc(C(=O)ON2C(=O)CCC2=O)cc1C6(C)C. The molecule has 2 aromatic carbocycles. The third-order valence-corrected chi connectivity index (χ3v) is 11.7. The third kappa shape index (κ3) is 3.97. The molecule has 7 aliphatic rings. The zero-order valence-electron chi connectivity index (χ0n) is 27.7. The lowest BCUT2D eigenvalue weighted by molar-refractivity contribution is -0.445. The van der Waals surface area contributed by atoms with Gasteiger partial charge in [0.1, 0.15) is 0 Å². The molecule has 6 heterocycles. The van der Waals surface area contributed by atoms with Gasteiger partial charge < -0.3 is 14.5 Å². The van der Waals surface area contributed by atoms with Gasteiger partial charge in [-0.25, -0.2) is 4.79 Å². The molecule has 0 bridgehead atoms. The summed E-state index contributed by atoms with van der Waals surface area (Å²) in [5.41, 5.74) is 12.6. The van der Waals surface area contributed by atoms with E-state index < -0.39 is 23.2 Å². The number of ether oxygens (including phenoxy) is 1. The minimum absolute atomic E-state index is 0.0260. The van der Waals surface area contributed by atoms with Gasteiger partial charge in [0.15, 0.2) is 12.3 Å². The van der Waals surface area contributed by atoms with Crippen molar-refractivity contribution in [2.24, 2.45) is 5.92 Å². The lowest BCUT2D eigenvalue weighted by atomic mass is 9.71. The number of carbonyl (C=O) groups is 3. The molecule has 9 rings (SSSR count). The number of anilines is 1. The lowest BCUT2D eigenvalue weighted by Gasteiger charge is -2.44. The Morgan fingerprint density at radius 2 is 1.72 bits per heavy atom. The van der Waals surface area contributed by atoms with E-state index in [4.69, 9.17) is 9.57 Å². The maximum atomic E-state index is 13.1. The first kappa shape index (κ1) is 28.9. The Labute approximate surface area is 275 Å². The first-order chi connectivity index (χ1) is 22.4. The molecule has 2 aromatic rings. The van der Waals surface area contributed by atoms with Crippen molar-refractivity contribution in [1.29, 1.82) is 0 Å². The van der Waals surface area contributed by atoms with E-state index in [-0.39, 0.29) is 30.5 Å². The van der Waals surface area contributed by atoms with E-state index in [1.165, 1.54) is 44.9 Å². The second-order valence-corrected chi connectivity index (χ2v) is 15.3. The van der Waals surface area contributed by atoms with E-state index in [1.807, 2.05) is 12.1 Å². The molecule has 2 amide bonds. The van der Waals surface area contributed by atoms with Gasteiger partial charge in [-0.05, 0) is 80.5 Å². The van der Waals surface area contributed by atoms with Crippen molar-refractivity contribution >= 4 is 34.9 Å². The molecule has 8 heteroatoms. The Kier molecular flexibility index (Phi) is 5.92. The van der Waals surface area contributed by atoms with Gasteiger partial charge in [0.2, 0.25) is 5.69 Å². The van der Waals surface area contributed by atoms with E-state index in [9.17, 15) is 14.4 Å². The topological polar surface area (TPSA) is 79.2 Å². The van der Waals surface area contributed by atoms with Crippen LogP contribution in [0.2, 0.25) is 0 Å². The van der Waals surface area contributed by atoms with Gasteiger partial charge in [0.05, 0.1) is 23.2 Å². The number of rotatable bonds is 2. The number of hydroxylamine groups is 2. The second-order valence-electron chi connectivity index (χ2n) is 15.3. The Balaban J connectivity index is 1.09. The third-order valence-electron chi connectivity index (χ3n) is 11.7. The molecule has 3 atom stereocenters. The molecule has 0 N–H and O–H groups in total. The van der Waals surface area contributed by atoms with Crippen LogP contribution in [0.4, 0.5) is 11.4 Å². The number of imide groups is 1. The van der Waals surface area contributed by atoms with E-state index in [1.54, 1.807) is 6.07 Å². The molecule has 0 aromatic heterocycles. The van der Waals surface area contributed by atoms with E-state index in [0.717, 1.165) is 43.6 Å². The number of aryl methyl sites for hydroxylation is 1. The largest absolute Gasteiger partial charge is 0.365 e. The summed E-state index contributed by atoms with van der Waals surface area (Å²) in [4.78, 5) is 45.1. The Morgan fingerprint density at radius 3 is 2.51 bits per heavy atom. The first-order valence-electron chi connectivity index (χ1n) is 17.0. The van der Waals surface area contributed by atoms with Crippen LogP contribution < -0.4 is 4.90 Å². The van der Waals surface area contributed by atoms with Crippen molar-refractivity contribution in [1.82, 2.24) is 5.06 Å². The van der Waals surface area contributed by atoms with Crippen LogP contribution >= 0.6 is 0 Å². The number of carbonyl (C=O) groups excluding carboxylic acids is 3. The number of nitrogens with zero attached hydrogens (tertiary/aromatic N) is 3. The molecule has 47 heavy (non-hydrogen) atoms. The van der Waals surface area contributed by atoms with Crippen molar-refractivity contribution in [3.63, 3.8) is 0 Å². The highest BCUT2D eigenvalue weighted by Gasteiger charge is 2.54. The van der Waals surface area contributed by atoms with Crippen LogP contribution in [0.5, 0.6) is 0 Å². The second kappa shape index (κ2) is 9.63. The highest BCUT2D eigenvalue weighted by molar-refractivity contribution is 6.09. The highest BCUT2D eigenvalue weighted by Crippen LogP contribution is 2.55. The van der Waals surface area contributed by atoms with Gasteiger partial charge in [-0.2, -0.15) is 4.58 Å². The standard InChI is InChI=1S/C39H40N3O5/c1-21-6-8-29-27(16-21)38(2,3)35-25-17-24-18-26-31(46-32(24)20-22(25)12-14-40(29)35)13-15-41-30-9-7-23(19-28(30)39(4,5)36(26)41)37(45)47-42-33(43)10-11-34(42)44/h6-9,16-19,22,31-32H,10-15,20H2,1-5H3/q+1/t22-,31-,32+/m1/s1. The van der Waals surface area contributed by atoms with Crippen molar-refractivity contribution in [3.05, 3.63) is 93.2 Å². The molecule has 0 radical (unpaired) electrons. The van der Waals surface area contributed by atoms with Crippen LogP contribution in [-0.2, 0) is 30.0 Å². The normalized spacial score (nSPS) is 27.7. The molecular weight excluding hydrogens is 590 g/mol. The van der Waals surface area contributed by atoms with E-state index in [2.05, 4.69) is 74.4 Å². The molecule has 1 fully saturated rings. The first-order valence-corrected chi connectivity index (χ1v) is 17.0. The molecule has 1 aliphatic carbocycles. The summed E-state index contributed by atoms with van der Waals surface area (Å²) in [6.07, 6.45) is 8.15. The number of allylic oxidation sites excluding steroid dienone is 3. The van der Waals surface area contributed by atoms with Crippen LogP contribution in [0.3, 0.4) is 0 Å². The number of benzene rings is 2. The van der Waals surface area contributed by atoms with Gasteiger partial charge in [0.25, 0.3) is 11.8 Å². The summed E-state index contributed by atoms with van der Waals surface area (Å²) in [5, 5.41) is 0.612. The lowest BCUT2D eigenvalue weighted by Crippen LogP contribution is -2.46. The quantitative estimate of drug-likeness (QED) is 0.295. The number of amides is 2. The van der Waals surface area contributed by atoms with E-state index in [0.29, 0.717) is 16.5 Å². The predicted molar refractivity (Wildman–Crippen MR) is 177 cm³/mol. The van der Waals surface area contributed by atoms with Gasteiger partial charge in [-0.1, -0.05) is 37.6 Å². The molecule has 6 aliphatic heterocycles. The maximum absolute atomic E-state index is 13.1. The van der Waals surface area contributed by atoms with Gasteiger partial charge in [0, 0.05) is 59.8 Å². The van der Waals surface area contributed by atoms with Gasteiger partial charge in [-0.3, -0.25) is 9.59 Å². The molecule has 0 unspecified atom stereocenters. The molecule has 0 saturated carbocycles. The Hall–Kier alpha value is -4.30. The fourth-order valence-corrected chi connectivity index (χ4v) is 9.48. The minimum Gasteiger partial charge on any atom is -0.365 e. The van der Waals surface area contributed by atoms with Crippen LogP contribution in [0.15, 0.2) is 71.0 Å². The van der Waals surface area contributed by atoms with Crippen molar-refractivity contribution in [2.75, 3.05) is 18.0 Å². The molecule has 240 valence electrons. The van der Waals surface area contributed by atoms with Crippen molar-refractivity contribution in [2.45, 2.75) is 89.8 Å². The van der Waals surface area contributed by atoms with E-state index >= 15 is 0 Å². The molecular formula is C39H40N3O5+. The predicted octanol–water partition coefficient (Wildman–Crippen LogP) is 6.09. The summed E-state index contributed by atoms with van der Waals surface area (Å²) in [6, 6.07) is 12.5. The number of hydrogen-bond donors (Lipinski definition) is 0. The molecule has 1 saturated heterocycles.